The summed E-state index contributed by atoms with van der Waals surface area (Å²) in [4.78, 5) is 21.4. The van der Waals surface area contributed by atoms with Gasteiger partial charge in [-0.3, -0.25) is 4.79 Å². The second-order valence-corrected chi connectivity index (χ2v) is 8.56. The van der Waals surface area contributed by atoms with E-state index >= 15 is 0 Å². The Morgan fingerprint density at radius 3 is 2.30 bits per heavy atom. The van der Waals surface area contributed by atoms with Gasteiger partial charge in [-0.15, -0.1) is 0 Å². The van der Waals surface area contributed by atoms with Gasteiger partial charge < -0.3 is 5.32 Å². The number of benzene rings is 1. The number of amides is 1. The van der Waals surface area contributed by atoms with Crippen molar-refractivity contribution < 1.29 is 4.79 Å². The van der Waals surface area contributed by atoms with E-state index in [9.17, 15) is 4.79 Å². The van der Waals surface area contributed by atoms with Crippen LogP contribution in [0.1, 0.15) is 49.9 Å². The summed E-state index contributed by atoms with van der Waals surface area (Å²) in [5.41, 5.74) is 1.55. The van der Waals surface area contributed by atoms with Crippen LogP contribution in [0.25, 0.3) is 0 Å². The molecule has 4 fully saturated rings. The Kier molecular flexibility index (Phi) is 3.97. The molecule has 4 aliphatic rings. The van der Waals surface area contributed by atoms with Gasteiger partial charge in [0.2, 0.25) is 11.7 Å². The maximum absolute atomic E-state index is 13.2. The van der Waals surface area contributed by atoms with Crippen LogP contribution in [0.5, 0.6) is 0 Å². The predicted octanol–water partition coefficient (Wildman–Crippen LogP) is 4.03. The van der Waals surface area contributed by atoms with Crippen LogP contribution in [-0.2, 0) is 4.79 Å². The topological polar surface area (TPSA) is 54.9 Å². The number of carbonyl (C=O) groups excluding carboxylic acids is 1. The summed E-state index contributed by atoms with van der Waals surface area (Å²) in [7, 11) is 0. The molecule has 1 aromatic heterocycles. The van der Waals surface area contributed by atoms with E-state index in [-0.39, 0.29) is 11.3 Å². The lowest BCUT2D eigenvalue weighted by molar-refractivity contribution is -0.140. The zero-order chi connectivity index (χ0) is 18.3. The molecule has 0 atom stereocenters. The van der Waals surface area contributed by atoms with Crippen molar-refractivity contribution in [2.45, 2.75) is 38.5 Å². The number of rotatable bonds is 2. The van der Waals surface area contributed by atoms with Crippen LogP contribution in [0.2, 0.25) is 0 Å². The molecule has 0 unspecified atom stereocenters. The largest absolute Gasteiger partial charge is 0.326 e. The quantitative estimate of drug-likeness (QED) is 0.826. The smallest absolute Gasteiger partial charge is 0.230 e. The summed E-state index contributed by atoms with van der Waals surface area (Å²) in [5, 5.41) is 3.20. The molecule has 2 aromatic rings. The first-order valence-electron chi connectivity index (χ1n) is 9.89. The highest BCUT2D eigenvalue weighted by atomic mass is 16.2. The molecule has 136 valence electrons. The summed E-state index contributed by atoms with van der Waals surface area (Å²) in [6.45, 7) is 0. The minimum atomic E-state index is -0.131. The molecule has 0 aliphatic heterocycles. The molecule has 1 aromatic carbocycles. The molecule has 1 heterocycles. The Morgan fingerprint density at radius 1 is 0.963 bits per heavy atom. The van der Waals surface area contributed by atoms with Crippen molar-refractivity contribution in [3.63, 3.8) is 0 Å². The molecular weight excluding hydrogens is 334 g/mol. The normalized spacial score (nSPS) is 30.4. The Morgan fingerprint density at radius 2 is 1.63 bits per heavy atom. The van der Waals surface area contributed by atoms with Crippen molar-refractivity contribution in [1.29, 1.82) is 0 Å². The monoisotopic (exact) mass is 357 g/mol. The third-order valence-corrected chi connectivity index (χ3v) is 6.52. The maximum atomic E-state index is 13.2. The summed E-state index contributed by atoms with van der Waals surface area (Å²) in [6.07, 6.45) is 10.6. The highest BCUT2D eigenvalue weighted by Crippen LogP contribution is 2.60. The summed E-state index contributed by atoms with van der Waals surface area (Å²) in [6, 6.07) is 9.53. The lowest BCUT2D eigenvalue weighted by Gasteiger charge is -2.55. The summed E-state index contributed by atoms with van der Waals surface area (Å²) in [5.74, 6) is 9.08. The van der Waals surface area contributed by atoms with Gasteiger partial charge in [0.05, 0.1) is 5.41 Å². The van der Waals surface area contributed by atoms with Crippen LogP contribution in [0.15, 0.2) is 42.7 Å². The second-order valence-electron chi connectivity index (χ2n) is 8.56. The van der Waals surface area contributed by atoms with E-state index in [4.69, 9.17) is 0 Å². The Labute approximate surface area is 159 Å². The van der Waals surface area contributed by atoms with E-state index in [1.165, 1.54) is 19.3 Å². The molecule has 1 amide bonds. The van der Waals surface area contributed by atoms with Crippen molar-refractivity contribution in [3.8, 4) is 11.8 Å². The van der Waals surface area contributed by atoms with E-state index in [1.807, 2.05) is 24.3 Å². The van der Waals surface area contributed by atoms with Gasteiger partial charge in [-0.05, 0) is 86.5 Å². The number of nitrogens with zero attached hydrogens (tertiary/aromatic N) is 2. The van der Waals surface area contributed by atoms with E-state index in [1.54, 1.807) is 18.5 Å². The highest BCUT2D eigenvalue weighted by molar-refractivity contribution is 5.95. The van der Waals surface area contributed by atoms with Gasteiger partial charge in [0.1, 0.15) is 0 Å². The molecule has 0 spiro atoms. The molecule has 0 saturated heterocycles. The van der Waals surface area contributed by atoms with Crippen molar-refractivity contribution >= 4 is 11.6 Å². The number of hydrogen-bond donors (Lipinski definition) is 1. The van der Waals surface area contributed by atoms with E-state index in [0.29, 0.717) is 5.82 Å². The standard InChI is InChI=1S/C23H23N3O/c27-22(23-13-17-9-18(14-23)11-19(10-17)15-23)26-20-4-1-3-16(12-20)5-6-21-24-7-2-8-25-21/h1-4,7-8,12,17-19H,9-11,13-15H2,(H,26,27). The van der Waals surface area contributed by atoms with E-state index in [2.05, 4.69) is 27.1 Å². The third kappa shape index (κ3) is 3.23. The maximum Gasteiger partial charge on any atom is 0.230 e. The van der Waals surface area contributed by atoms with Crippen LogP contribution in [0.3, 0.4) is 0 Å². The van der Waals surface area contributed by atoms with Gasteiger partial charge >= 0.3 is 0 Å². The lowest BCUT2D eigenvalue weighted by Crippen LogP contribution is -2.51. The van der Waals surface area contributed by atoms with Gasteiger partial charge in [-0.2, -0.15) is 0 Å². The zero-order valence-corrected chi connectivity index (χ0v) is 15.3. The number of carbonyl (C=O) groups is 1. The molecule has 27 heavy (non-hydrogen) atoms. The summed E-state index contributed by atoms with van der Waals surface area (Å²) < 4.78 is 0. The first kappa shape index (κ1) is 16.5. The second kappa shape index (κ2) is 6.49. The van der Waals surface area contributed by atoms with Crippen molar-refractivity contribution in [2.75, 3.05) is 5.32 Å². The van der Waals surface area contributed by atoms with Crippen LogP contribution in [0.4, 0.5) is 5.69 Å². The van der Waals surface area contributed by atoms with Gasteiger partial charge in [0.25, 0.3) is 0 Å². The number of hydrogen-bond acceptors (Lipinski definition) is 3. The van der Waals surface area contributed by atoms with Crippen LogP contribution in [0, 0.1) is 35.0 Å². The molecule has 4 aliphatic carbocycles. The first-order valence-corrected chi connectivity index (χ1v) is 9.89. The number of aromatic nitrogens is 2. The fourth-order valence-electron chi connectivity index (χ4n) is 5.82. The first-order chi connectivity index (χ1) is 13.2. The molecule has 0 radical (unpaired) electrons. The fourth-order valence-corrected chi connectivity index (χ4v) is 5.82. The Hall–Kier alpha value is -2.67. The molecule has 4 heteroatoms. The third-order valence-electron chi connectivity index (χ3n) is 6.52. The van der Waals surface area contributed by atoms with Crippen LogP contribution >= 0.6 is 0 Å². The average molecular weight is 357 g/mol. The van der Waals surface area contributed by atoms with E-state index in [0.717, 1.165) is 48.3 Å². The lowest BCUT2D eigenvalue weighted by atomic mass is 9.49. The average Bonchev–Trinajstić information content (AvgIpc) is 2.66. The van der Waals surface area contributed by atoms with E-state index < -0.39 is 0 Å². The summed E-state index contributed by atoms with van der Waals surface area (Å²) >= 11 is 0. The minimum absolute atomic E-state index is 0.131. The molecular formula is C23H23N3O. The Balaban J connectivity index is 1.33. The molecule has 4 saturated carbocycles. The van der Waals surface area contributed by atoms with Crippen molar-refractivity contribution in [3.05, 3.63) is 54.1 Å². The fraction of sp³-hybridized carbons (Fsp3) is 0.435. The highest BCUT2D eigenvalue weighted by Gasteiger charge is 2.54. The number of nitrogens with one attached hydrogen (secondary N) is 1. The predicted molar refractivity (Wildman–Crippen MR) is 104 cm³/mol. The molecule has 4 bridgehead atoms. The Bertz CT molecular complexity index is 890. The number of anilines is 1. The SMILES string of the molecule is O=C(Nc1cccc(C#Cc2ncccn2)c1)C12CC3CC(CC(C3)C1)C2. The minimum Gasteiger partial charge on any atom is -0.326 e. The van der Waals surface area contributed by atoms with Gasteiger partial charge in [-0.1, -0.05) is 12.0 Å². The molecule has 1 N–H and O–H groups in total. The van der Waals surface area contributed by atoms with Gasteiger partial charge in [-0.25, -0.2) is 9.97 Å². The van der Waals surface area contributed by atoms with Crippen LogP contribution in [-0.4, -0.2) is 15.9 Å². The zero-order valence-electron chi connectivity index (χ0n) is 15.3. The van der Waals surface area contributed by atoms with Crippen molar-refractivity contribution in [1.82, 2.24) is 9.97 Å². The van der Waals surface area contributed by atoms with Crippen LogP contribution < -0.4 is 5.32 Å². The van der Waals surface area contributed by atoms with Gasteiger partial charge in [0, 0.05) is 23.6 Å². The van der Waals surface area contributed by atoms with Gasteiger partial charge in [0.15, 0.2) is 0 Å². The molecule has 6 rings (SSSR count). The van der Waals surface area contributed by atoms with Crippen molar-refractivity contribution in [2.24, 2.45) is 23.2 Å². The molecule has 4 nitrogen and oxygen atoms in total.